The molecule has 23 heavy (non-hydrogen) atoms. The molecule has 2 fully saturated rings. The van der Waals surface area contributed by atoms with Crippen LogP contribution in [0, 0.1) is 5.92 Å². The summed E-state index contributed by atoms with van der Waals surface area (Å²) in [5, 5.41) is 3.40. The Kier molecular flexibility index (Phi) is 4.66. The number of nitrogens with zero attached hydrogens (tertiary/aromatic N) is 1. The van der Waals surface area contributed by atoms with Gasteiger partial charge in [-0.25, -0.2) is 4.90 Å². The Balaban J connectivity index is 1.67. The molecular formula is C18H24N2O3. The quantitative estimate of drug-likeness (QED) is 0.867. The van der Waals surface area contributed by atoms with Crippen LogP contribution in [-0.4, -0.2) is 31.0 Å². The van der Waals surface area contributed by atoms with E-state index in [1.165, 1.54) is 17.7 Å². The molecule has 1 atom stereocenters. The van der Waals surface area contributed by atoms with Gasteiger partial charge in [-0.1, -0.05) is 6.92 Å². The van der Waals surface area contributed by atoms with Gasteiger partial charge in [0.05, 0.1) is 25.3 Å². The average molecular weight is 316 g/mol. The molecule has 0 spiro atoms. The average Bonchev–Trinajstić information content (AvgIpc) is 2.84. The molecule has 1 aromatic carbocycles. The highest BCUT2D eigenvalue weighted by Gasteiger charge is 2.40. The fourth-order valence-corrected chi connectivity index (χ4v) is 3.48. The maximum absolute atomic E-state index is 12.6. The van der Waals surface area contributed by atoms with Gasteiger partial charge < -0.3 is 10.1 Å². The predicted molar refractivity (Wildman–Crippen MR) is 88.4 cm³/mol. The van der Waals surface area contributed by atoms with E-state index in [1.807, 2.05) is 0 Å². The summed E-state index contributed by atoms with van der Waals surface area (Å²) in [4.78, 5) is 26.2. The minimum absolute atomic E-state index is 0.137. The summed E-state index contributed by atoms with van der Waals surface area (Å²) in [5.41, 5.74) is 0.613. The molecule has 2 amide bonds. The number of hydrogen-bond acceptors (Lipinski definition) is 4. The lowest BCUT2D eigenvalue weighted by Gasteiger charge is -2.28. The third-order valence-corrected chi connectivity index (χ3v) is 4.93. The number of hydrogen-bond donors (Lipinski definition) is 1. The molecule has 0 radical (unpaired) electrons. The van der Waals surface area contributed by atoms with E-state index in [9.17, 15) is 9.59 Å². The van der Waals surface area contributed by atoms with Crippen LogP contribution in [0.1, 0.15) is 39.0 Å². The van der Waals surface area contributed by atoms with Crippen molar-refractivity contribution in [1.82, 2.24) is 5.32 Å². The Bertz CT molecular complexity index is 576. The number of rotatable bonds is 4. The summed E-state index contributed by atoms with van der Waals surface area (Å²) in [6.07, 6.45) is 4.80. The highest BCUT2D eigenvalue weighted by atomic mass is 16.5. The molecule has 124 valence electrons. The van der Waals surface area contributed by atoms with Crippen LogP contribution < -0.4 is 15.0 Å². The third-order valence-electron chi connectivity index (χ3n) is 4.93. The smallest absolute Gasteiger partial charge is 0.251 e. The van der Waals surface area contributed by atoms with Crippen molar-refractivity contribution in [3.63, 3.8) is 0 Å². The number of carbonyl (C=O) groups is 2. The van der Waals surface area contributed by atoms with Crippen molar-refractivity contribution in [1.29, 1.82) is 0 Å². The molecule has 1 aromatic rings. The Morgan fingerprint density at radius 2 is 1.74 bits per heavy atom. The molecule has 1 saturated heterocycles. The van der Waals surface area contributed by atoms with Crippen LogP contribution in [0.3, 0.4) is 0 Å². The number of nitrogens with one attached hydrogen (secondary N) is 1. The van der Waals surface area contributed by atoms with Crippen molar-refractivity contribution in [2.45, 2.75) is 51.1 Å². The largest absolute Gasteiger partial charge is 0.497 e. The maximum Gasteiger partial charge on any atom is 0.251 e. The van der Waals surface area contributed by atoms with Crippen molar-refractivity contribution in [2.75, 3.05) is 12.0 Å². The van der Waals surface area contributed by atoms with E-state index in [0.29, 0.717) is 17.5 Å². The van der Waals surface area contributed by atoms with Gasteiger partial charge in [0.25, 0.3) is 5.91 Å². The van der Waals surface area contributed by atoms with E-state index in [0.717, 1.165) is 18.8 Å². The molecule has 2 aliphatic rings. The zero-order valence-corrected chi connectivity index (χ0v) is 13.7. The normalized spacial score (nSPS) is 28.3. The second-order valence-electron chi connectivity index (χ2n) is 6.65. The van der Waals surface area contributed by atoms with Gasteiger partial charge in [0.15, 0.2) is 0 Å². The van der Waals surface area contributed by atoms with E-state index in [2.05, 4.69) is 12.2 Å². The third kappa shape index (κ3) is 3.39. The van der Waals surface area contributed by atoms with Crippen molar-refractivity contribution in [2.24, 2.45) is 5.92 Å². The lowest BCUT2D eigenvalue weighted by Crippen LogP contribution is -2.45. The molecule has 0 aromatic heterocycles. The fraction of sp³-hybridized carbons (Fsp3) is 0.556. The zero-order chi connectivity index (χ0) is 16.4. The first-order valence-electron chi connectivity index (χ1n) is 8.35. The van der Waals surface area contributed by atoms with Gasteiger partial charge >= 0.3 is 0 Å². The van der Waals surface area contributed by atoms with Crippen LogP contribution in [0.5, 0.6) is 5.75 Å². The number of carbonyl (C=O) groups excluding carboxylic acids is 2. The molecule has 0 unspecified atom stereocenters. The molecule has 0 bridgehead atoms. The Labute approximate surface area is 137 Å². The Morgan fingerprint density at radius 1 is 1.09 bits per heavy atom. The minimum Gasteiger partial charge on any atom is -0.497 e. The van der Waals surface area contributed by atoms with Crippen molar-refractivity contribution >= 4 is 17.5 Å². The van der Waals surface area contributed by atoms with Gasteiger partial charge in [0.2, 0.25) is 5.91 Å². The molecule has 5 nitrogen and oxygen atoms in total. The zero-order valence-electron chi connectivity index (χ0n) is 13.7. The number of ether oxygens (including phenoxy) is 1. The van der Waals surface area contributed by atoms with Gasteiger partial charge in [-0.05, 0) is 55.9 Å². The highest BCUT2D eigenvalue weighted by Crippen LogP contribution is 2.28. The lowest BCUT2D eigenvalue weighted by molar-refractivity contribution is -0.121. The van der Waals surface area contributed by atoms with E-state index < -0.39 is 0 Å². The summed E-state index contributed by atoms with van der Waals surface area (Å²) < 4.78 is 5.12. The Morgan fingerprint density at radius 3 is 2.35 bits per heavy atom. The second-order valence-corrected chi connectivity index (χ2v) is 6.65. The van der Waals surface area contributed by atoms with E-state index in [-0.39, 0.29) is 24.3 Å². The molecule has 1 heterocycles. The van der Waals surface area contributed by atoms with Crippen LogP contribution in [0.2, 0.25) is 0 Å². The van der Waals surface area contributed by atoms with Crippen LogP contribution >= 0.6 is 0 Å². The van der Waals surface area contributed by atoms with Crippen LogP contribution in [-0.2, 0) is 9.59 Å². The summed E-state index contributed by atoms with van der Waals surface area (Å²) in [7, 11) is 1.59. The summed E-state index contributed by atoms with van der Waals surface area (Å²) in [5.74, 6) is 1.20. The van der Waals surface area contributed by atoms with Crippen molar-refractivity contribution in [3.8, 4) is 5.75 Å². The monoisotopic (exact) mass is 316 g/mol. The van der Waals surface area contributed by atoms with Crippen molar-refractivity contribution < 1.29 is 14.3 Å². The first kappa shape index (κ1) is 16.0. The number of methoxy groups -OCH3 is 1. The standard InChI is InChI=1S/C18H24N2O3/c1-12-3-5-13(6-4-12)19-16-11-17(21)20(18(16)22)14-7-9-15(23-2)10-8-14/h7-10,12-13,16,19H,3-6,11H2,1-2H3/t12?,13?,16-/m1/s1. The molecule has 1 aliphatic carbocycles. The number of imide groups is 1. The maximum atomic E-state index is 12.6. The van der Waals surface area contributed by atoms with E-state index >= 15 is 0 Å². The first-order valence-corrected chi connectivity index (χ1v) is 8.35. The van der Waals surface area contributed by atoms with E-state index in [1.54, 1.807) is 31.4 Å². The topological polar surface area (TPSA) is 58.6 Å². The van der Waals surface area contributed by atoms with Gasteiger partial charge in [-0.2, -0.15) is 0 Å². The van der Waals surface area contributed by atoms with Crippen molar-refractivity contribution in [3.05, 3.63) is 24.3 Å². The minimum atomic E-state index is -0.386. The fourth-order valence-electron chi connectivity index (χ4n) is 3.48. The first-order chi connectivity index (χ1) is 11.1. The number of amides is 2. The van der Waals surface area contributed by atoms with E-state index in [4.69, 9.17) is 4.74 Å². The predicted octanol–water partition coefficient (Wildman–Crippen LogP) is 2.50. The molecule has 5 heteroatoms. The molecular weight excluding hydrogens is 292 g/mol. The van der Waals surface area contributed by atoms with Gasteiger partial charge in [0, 0.05) is 6.04 Å². The Hall–Kier alpha value is -1.88. The molecule has 3 rings (SSSR count). The summed E-state index contributed by atoms with van der Waals surface area (Å²) in [6, 6.07) is 6.99. The molecule has 1 aliphatic heterocycles. The molecule has 1 saturated carbocycles. The number of benzene rings is 1. The number of anilines is 1. The molecule has 1 N–H and O–H groups in total. The van der Waals surface area contributed by atoms with Gasteiger partial charge in [-0.15, -0.1) is 0 Å². The lowest BCUT2D eigenvalue weighted by atomic mass is 9.87. The summed E-state index contributed by atoms with van der Waals surface area (Å²) >= 11 is 0. The van der Waals surface area contributed by atoms with Crippen LogP contribution in [0.25, 0.3) is 0 Å². The SMILES string of the molecule is COc1ccc(N2C(=O)C[C@@H](NC3CCC(C)CC3)C2=O)cc1. The highest BCUT2D eigenvalue weighted by molar-refractivity contribution is 6.22. The van der Waals surface area contributed by atoms with Crippen LogP contribution in [0.4, 0.5) is 5.69 Å². The van der Waals surface area contributed by atoms with Crippen LogP contribution in [0.15, 0.2) is 24.3 Å². The summed E-state index contributed by atoms with van der Waals surface area (Å²) in [6.45, 7) is 2.27. The van der Waals surface area contributed by atoms with Gasteiger partial charge in [0.1, 0.15) is 5.75 Å². The second kappa shape index (κ2) is 6.71. The van der Waals surface area contributed by atoms with Gasteiger partial charge in [-0.3, -0.25) is 9.59 Å².